The molecule has 0 amide bonds. The molecule has 0 aliphatic carbocycles. The molecule has 0 aliphatic heterocycles. The van der Waals surface area contributed by atoms with E-state index in [1.165, 1.54) is 49.8 Å². The van der Waals surface area contributed by atoms with E-state index in [1.807, 2.05) is 39.8 Å². The molecule has 1 aromatic rings. The van der Waals surface area contributed by atoms with Gasteiger partial charge in [0.2, 0.25) is 0 Å². The summed E-state index contributed by atoms with van der Waals surface area (Å²) in [5.41, 5.74) is 1.17. The van der Waals surface area contributed by atoms with Gasteiger partial charge in [-0.15, -0.1) is 0 Å². The first-order valence-corrected chi connectivity index (χ1v) is 12.6. The van der Waals surface area contributed by atoms with Crippen molar-refractivity contribution in [3.05, 3.63) is 35.6 Å². The predicted octanol–water partition coefficient (Wildman–Crippen LogP) is 7.79. The smallest absolute Gasteiger partial charge is 0.283 e. The molecule has 0 heterocycles. The van der Waals surface area contributed by atoms with Crippen LogP contribution in [-0.2, 0) is 15.9 Å². The summed E-state index contributed by atoms with van der Waals surface area (Å²) >= 11 is 0. The summed E-state index contributed by atoms with van der Waals surface area (Å²) in [4.78, 5) is 0. The Bertz CT molecular complexity index is 546. The molecule has 0 saturated heterocycles. The van der Waals surface area contributed by atoms with Crippen LogP contribution in [0.2, 0.25) is 0 Å². The molecule has 0 radical (unpaired) electrons. The zero-order chi connectivity index (χ0) is 23.1. The first-order chi connectivity index (χ1) is 14.8. The molecule has 1 aromatic carbocycles. The van der Waals surface area contributed by atoms with E-state index < -0.39 is 5.97 Å². The molecule has 1 rings (SSSR count). The van der Waals surface area contributed by atoms with Crippen molar-refractivity contribution in [2.24, 2.45) is 5.92 Å². The minimum Gasteiger partial charge on any atom is -0.343 e. The van der Waals surface area contributed by atoms with E-state index in [9.17, 15) is 9.50 Å². The molecule has 180 valence electrons. The number of aliphatic hydroxyl groups is 1. The maximum absolute atomic E-state index is 13.1. The summed E-state index contributed by atoms with van der Waals surface area (Å²) in [6, 6.07) is 6.78. The Morgan fingerprint density at radius 3 is 1.77 bits per heavy atom. The molecule has 3 nitrogen and oxygen atoms in total. The van der Waals surface area contributed by atoms with E-state index >= 15 is 0 Å². The quantitative estimate of drug-likeness (QED) is 0.188. The van der Waals surface area contributed by atoms with Gasteiger partial charge in [0.05, 0.1) is 12.2 Å². The molecule has 0 aromatic heterocycles. The molecule has 0 fully saturated rings. The van der Waals surface area contributed by atoms with Crippen molar-refractivity contribution in [3.8, 4) is 0 Å². The Morgan fingerprint density at radius 1 is 0.774 bits per heavy atom. The van der Waals surface area contributed by atoms with E-state index in [-0.39, 0.29) is 23.9 Å². The van der Waals surface area contributed by atoms with Gasteiger partial charge in [0.15, 0.2) is 0 Å². The third-order valence-corrected chi connectivity index (χ3v) is 5.66. The second-order valence-electron chi connectivity index (χ2n) is 9.44. The summed E-state index contributed by atoms with van der Waals surface area (Å²) < 4.78 is 24.9. The van der Waals surface area contributed by atoms with Gasteiger partial charge in [-0.2, -0.15) is 0 Å². The predicted molar refractivity (Wildman–Crippen MR) is 127 cm³/mol. The number of rotatable bonds is 18. The fraction of sp³-hybridized carbons (Fsp3) is 0.778. The standard InChI is InChI=1S/C27H47FO3/c1-6-7-8-9-10-13-16-25(27(29,30-22(2)3)31-23(4)5)17-14-11-12-15-24-18-20-26(28)21-19-24/h18-23,25,29H,6-17H2,1-5H3. The molecule has 0 aliphatic rings. The Hall–Kier alpha value is -0.970. The van der Waals surface area contributed by atoms with Crippen molar-refractivity contribution >= 4 is 0 Å². The third-order valence-electron chi connectivity index (χ3n) is 5.66. The van der Waals surface area contributed by atoms with Crippen LogP contribution < -0.4 is 0 Å². The van der Waals surface area contributed by atoms with E-state index in [2.05, 4.69) is 6.92 Å². The van der Waals surface area contributed by atoms with Gasteiger partial charge in [-0.1, -0.05) is 70.4 Å². The summed E-state index contributed by atoms with van der Waals surface area (Å²) in [5.74, 6) is -1.74. The highest BCUT2D eigenvalue weighted by atomic mass is 19.1. The van der Waals surface area contributed by atoms with Crippen LogP contribution in [0.1, 0.15) is 111 Å². The van der Waals surface area contributed by atoms with Crippen LogP contribution >= 0.6 is 0 Å². The van der Waals surface area contributed by atoms with Gasteiger partial charge in [0, 0.05) is 5.92 Å². The van der Waals surface area contributed by atoms with Gasteiger partial charge >= 0.3 is 0 Å². The second-order valence-corrected chi connectivity index (χ2v) is 9.44. The number of unbranched alkanes of at least 4 members (excludes halogenated alkanes) is 7. The largest absolute Gasteiger partial charge is 0.343 e. The highest BCUT2D eigenvalue weighted by Gasteiger charge is 2.40. The van der Waals surface area contributed by atoms with Crippen molar-refractivity contribution in [2.45, 2.75) is 130 Å². The minimum atomic E-state index is -1.53. The van der Waals surface area contributed by atoms with E-state index in [1.54, 1.807) is 0 Å². The number of aryl methyl sites for hydroxylation is 1. The summed E-state index contributed by atoms with van der Waals surface area (Å²) in [6.07, 6.45) is 13.1. The molecule has 4 heteroatoms. The monoisotopic (exact) mass is 438 g/mol. The Balaban J connectivity index is 2.59. The second kappa shape index (κ2) is 15.8. The van der Waals surface area contributed by atoms with Crippen LogP contribution in [0, 0.1) is 11.7 Å². The summed E-state index contributed by atoms with van der Waals surface area (Å²) in [5, 5.41) is 11.3. The Kier molecular flexibility index (Phi) is 14.3. The van der Waals surface area contributed by atoms with Gasteiger partial charge in [0.1, 0.15) is 5.82 Å². The summed E-state index contributed by atoms with van der Waals surface area (Å²) in [7, 11) is 0. The summed E-state index contributed by atoms with van der Waals surface area (Å²) in [6.45, 7) is 10.0. The third kappa shape index (κ3) is 12.6. The maximum Gasteiger partial charge on any atom is 0.283 e. The van der Waals surface area contributed by atoms with Crippen LogP contribution in [0.4, 0.5) is 4.39 Å². The van der Waals surface area contributed by atoms with Gasteiger partial charge in [-0.25, -0.2) is 4.39 Å². The SMILES string of the molecule is CCCCCCCCC(CCCCCc1ccc(F)cc1)C(O)(OC(C)C)OC(C)C. The van der Waals surface area contributed by atoms with E-state index in [4.69, 9.17) is 9.47 Å². The van der Waals surface area contributed by atoms with Crippen LogP contribution in [0.5, 0.6) is 0 Å². The highest BCUT2D eigenvalue weighted by molar-refractivity contribution is 5.15. The number of hydrogen-bond acceptors (Lipinski definition) is 3. The normalized spacial score (nSPS) is 13.3. The number of benzene rings is 1. The van der Waals surface area contributed by atoms with E-state index in [0.717, 1.165) is 44.9 Å². The topological polar surface area (TPSA) is 38.7 Å². The number of hydrogen-bond donors (Lipinski definition) is 1. The van der Waals surface area contributed by atoms with Crippen LogP contribution in [0.15, 0.2) is 24.3 Å². The Morgan fingerprint density at radius 2 is 1.26 bits per heavy atom. The lowest BCUT2D eigenvalue weighted by molar-refractivity contribution is -0.407. The molecule has 31 heavy (non-hydrogen) atoms. The highest BCUT2D eigenvalue weighted by Crippen LogP contribution is 2.33. The van der Waals surface area contributed by atoms with Crippen molar-refractivity contribution in [2.75, 3.05) is 0 Å². The van der Waals surface area contributed by atoms with Gasteiger partial charge in [-0.05, 0) is 71.1 Å². The molecular formula is C27H47FO3. The fourth-order valence-corrected chi connectivity index (χ4v) is 4.12. The zero-order valence-electron chi connectivity index (χ0n) is 20.7. The molecule has 1 atom stereocenters. The maximum atomic E-state index is 13.1. The number of ether oxygens (including phenoxy) is 2. The van der Waals surface area contributed by atoms with Crippen LogP contribution in [0.3, 0.4) is 0 Å². The van der Waals surface area contributed by atoms with Crippen molar-refractivity contribution < 1.29 is 19.0 Å². The van der Waals surface area contributed by atoms with Crippen LogP contribution in [-0.4, -0.2) is 23.3 Å². The molecule has 0 bridgehead atoms. The van der Waals surface area contributed by atoms with Crippen LogP contribution in [0.25, 0.3) is 0 Å². The van der Waals surface area contributed by atoms with Gasteiger partial charge in [0.25, 0.3) is 5.97 Å². The average Bonchev–Trinajstić information content (AvgIpc) is 2.68. The van der Waals surface area contributed by atoms with E-state index in [0.29, 0.717) is 0 Å². The van der Waals surface area contributed by atoms with Gasteiger partial charge in [-0.3, -0.25) is 0 Å². The first-order valence-electron chi connectivity index (χ1n) is 12.6. The lowest BCUT2D eigenvalue weighted by Crippen LogP contribution is -2.47. The fourth-order valence-electron chi connectivity index (χ4n) is 4.12. The first kappa shape index (κ1) is 28.1. The lowest BCUT2D eigenvalue weighted by Gasteiger charge is -2.38. The molecule has 1 N–H and O–H groups in total. The van der Waals surface area contributed by atoms with Crippen molar-refractivity contribution in [1.82, 2.24) is 0 Å². The van der Waals surface area contributed by atoms with Gasteiger partial charge < -0.3 is 14.6 Å². The molecular weight excluding hydrogens is 391 g/mol. The lowest BCUT2D eigenvalue weighted by atomic mass is 9.91. The van der Waals surface area contributed by atoms with Crippen molar-refractivity contribution in [3.63, 3.8) is 0 Å². The van der Waals surface area contributed by atoms with Crippen molar-refractivity contribution in [1.29, 1.82) is 0 Å². The number of halogens is 1. The zero-order valence-corrected chi connectivity index (χ0v) is 20.7. The molecule has 1 unspecified atom stereocenters. The average molecular weight is 439 g/mol. The molecule has 0 saturated carbocycles. The molecule has 0 spiro atoms. The minimum absolute atomic E-state index is 0.0331. The Labute approximate surface area is 190 Å².